The van der Waals surface area contributed by atoms with Crippen molar-refractivity contribution in [1.29, 1.82) is 0 Å². The van der Waals surface area contributed by atoms with Crippen LogP contribution in [0.4, 0.5) is 5.82 Å². The monoisotopic (exact) mass is 283 g/mol. The van der Waals surface area contributed by atoms with Crippen molar-refractivity contribution < 1.29 is 0 Å². The predicted octanol–water partition coefficient (Wildman–Crippen LogP) is 3.22. The third-order valence-electron chi connectivity index (χ3n) is 3.20. The van der Waals surface area contributed by atoms with Crippen molar-refractivity contribution >= 4 is 17.4 Å². The van der Waals surface area contributed by atoms with Gasteiger partial charge in [-0.2, -0.15) is 0 Å². The van der Waals surface area contributed by atoms with Gasteiger partial charge in [-0.15, -0.1) is 11.6 Å². The second-order valence-electron chi connectivity index (χ2n) is 5.31. The fourth-order valence-electron chi connectivity index (χ4n) is 2.18. The van der Waals surface area contributed by atoms with Gasteiger partial charge in [0.2, 0.25) is 0 Å². The Morgan fingerprint density at radius 2 is 1.84 bits per heavy atom. The summed E-state index contributed by atoms with van der Waals surface area (Å²) >= 11 is 6.12. The first-order valence-corrected chi connectivity index (χ1v) is 7.45. The second-order valence-corrected chi connectivity index (χ2v) is 5.57. The molecule has 4 heteroatoms. The fraction of sp³-hybridized carbons (Fsp3) is 0.667. The molecule has 19 heavy (non-hydrogen) atoms. The van der Waals surface area contributed by atoms with Gasteiger partial charge in [0.15, 0.2) is 0 Å². The van der Waals surface area contributed by atoms with E-state index in [-0.39, 0.29) is 0 Å². The minimum atomic E-state index is 0.524. The molecule has 1 aromatic rings. The highest BCUT2D eigenvalue weighted by molar-refractivity contribution is 6.17. The standard InChI is InChI=1S/C15H26ClN3/c1-6-7-19(9-8-18(4)5)15-14(11-16)12(2)10-13(3)17-15/h10H,6-9,11H2,1-5H3. The lowest BCUT2D eigenvalue weighted by Gasteiger charge is -2.27. The van der Waals surface area contributed by atoms with E-state index in [1.165, 1.54) is 11.1 Å². The van der Waals surface area contributed by atoms with Gasteiger partial charge in [-0.25, -0.2) is 4.98 Å². The number of alkyl halides is 1. The van der Waals surface area contributed by atoms with Crippen LogP contribution < -0.4 is 4.90 Å². The number of nitrogens with zero attached hydrogens (tertiary/aromatic N) is 3. The van der Waals surface area contributed by atoms with E-state index >= 15 is 0 Å². The summed E-state index contributed by atoms with van der Waals surface area (Å²) in [5.41, 5.74) is 3.47. The van der Waals surface area contributed by atoms with Gasteiger partial charge in [0.1, 0.15) is 5.82 Å². The summed E-state index contributed by atoms with van der Waals surface area (Å²) < 4.78 is 0. The van der Waals surface area contributed by atoms with Gasteiger partial charge in [-0.05, 0) is 46.0 Å². The molecule has 0 saturated heterocycles. The SMILES string of the molecule is CCCN(CCN(C)C)c1nc(C)cc(C)c1CCl. The molecule has 1 rings (SSSR count). The van der Waals surface area contributed by atoms with Crippen LogP contribution in [0, 0.1) is 13.8 Å². The zero-order valence-electron chi connectivity index (χ0n) is 12.8. The molecule has 0 radical (unpaired) electrons. The topological polar surface area (TPSA) is 19.4 Å². The Labute approximate surface area is 122 Å². The van der Waals surface area contributed by atoms with Crippen LogP contribution in [0.2, 0.25) is 0 Å². The molecule has 0 saturated carbocycles. The van der Waals surface area contributed by atoms with Crippen LogP contribution in [0.15, 0.2) is 6.07 Å². The second kappa shape index (κ2) is 7.71. The zero-order valence-corrected chi connectivity index (χ0v) is 13.6. The quantitative estimate of drug-likeness (QED) is 0.716. The first kappa shape index (κ1) is 16.3. The number of aryl methyl sites for hydroxylation is 2. The molecule has 0 fully saturated rings. The number of anilines is 1. The summed E-state index contributed by atoms with van der Waals surface area (Å²) in [6.45, 7) is 9.40. The van der Waals surface area contributed by atoms with Crippen LogP contribution in [0.25, 0.3) is 0 Å². The summed E-state index contributed by atoms with van der Waals surface area (Å²) in [4.78, 5) is 9.28. The molecule has 0 aliphatic heterocycles. The minimum Gasteiger partial charge on any atom is -0.355 e. The molecular formula is C15H26ClN3. The van der Waals surface area contributed by atoms with E-state index in [1.807, 2.05) is 6.92 Å². The Morgan fingerprint density at radius 3 is 2.37 bits per heavy atom. The lowest BCUT2D eigenvalue weighted by molar-refractivity contribution is 0.412. The molecule has 0 N–H and O–H groups in total. The number of aromatic nitrogens is 1. The lowest BCUT2D eigenvalue weighted by Crippen LogP contribution is -2.33. The van der Waals surface area contributed by atoms with Crippen molar-refractivity contribution in [2.75, 3.05) is 38.6 Å². The third-order valence-corrected chi connectivity index (χ3v) is 3.46. The molecule has 0 aliphatic carbocycles. The highest BCUT2D eigenvalue weighted by Gasteiger charge is 2.14. The number of hydrogen-bond donors (Lipinski definition) is 0. The fourth-order valence-corrected chi connectivity index (χ4v) is 2.51. The van der Waals surface area contributed by atoms with Gasteiger partial charge < -0.3 is 9.80 Å². The summed E-state index contributed by atoms with van der Waals surface area (Å²) in [5, 5.41) is 0. The number of halogens is 1. The van der Waals surface area contributed by atoms with Crippen molar-refractivity contribution in [3.8, 4) is 0 Å². The van der Waals surface area contributed by atoms with E-state index in [9.17, 15) is 0 Å². The summed E-state index contributed by atoms with van der Waals surface area (Å²) in [5.74, 6) is 1.59. The highest BCUT2D eigenvalue weighted by Crippen LogP contribution is 2.24. The van der Waals surface area contributed by atoms with Crippen LogP contribution >= 0.6 is 11.6 Å². The van der Waals surface area contributed by atoms with E-state index in [0.29, 0.717) is 5.88 Å². The average Bonchev–Trinajstić information content (AvgIpc) is 2.33. The van der Waals surface area contributed by atoms with Crippen LogP contribution in [0.3, 0.4) is 0 Å². The minimum absolute atomic E-state index is 0.524. The van der Waals surface area contributed by atoms with Gasteiger partial charge in [0.25, 0.3) is 0 Å². The molecule has 0 atom stereocenters. The lowest BCUT2D eigenvalue weighted by atomic mass is 10.1. The molecule has 1 aromatic heterocycles. The maximum atomic E-state index is 6.12. The van der Waals surface area contributed by atoms with Crippen LogP contribution in [0.5, 0.6) is 0 Å². The van der Waals surface area contributed by atoms with E-state index in [1.54, 1.807) is 0 Å². The maximum absolute atomic E-state index is 6.12. The molecule has 108 valence electrons. The number of rotatable bonds is 7. The third kappa shape index (κ3) is 4.66. The van der Waals surface area contributed by atoms with Crippen molar-refractivity contribution in [3.63, 3.8) is 0 Å². The van der Waals surface area contributed by atoms with Crippen molar-refractivity contribution in [2.45, 2.75) is 33.1 Å². The highest BCUT2D eigenvalue weighted by atomic mass is 35.5. The molecule has 0 bridgehead atoms. The van der Waals surface area contributed by atoms with Gasteiger partial charge in [0, 0.05) is 30.9 Å². The van der Waals surface area contributed by atoms with Crippen molar-refractivity contribution in [1.82, 2.24) is 9.88 Å². The molecule has 1 heterocycles. The number of hydrogen-bond acceptors (Lipinski definition) is 3. The first-order chi connectivity index (χ1) is 8.99. The van der Waals surface area contributed by atoms with Crippen LogP contribution in [-0.2, 0) is 5.88 Å². The summed E-state index contributed by atoms with van der Waals surface area (Å²) in [6.07, 6.45) is 1.11. The van der Waals surface area contributed by atoms with Gasteiger partial charge in [-0.1, -0.05) is 6.92 Å². The smallest absolute Gasteiger partial charge is 0.133 e. The first-order valence-electron chi connectivity index (χ1n) is 6.92. The Hall–Kier alpha value is -0.800. The van der Waals surface area contributed by atoms with Gasteiger partial charge in [-0.3, -0.25) is 0 Å². The Morgan fingerprint density at radius 1 is 1.16 bits per heavy atom. The molecule has 0 aromatic carbocycles. The molecule has 0 amide bonds. The average molecular weight is 284 g/mol. The van der Waals surface area contributed by atoms with Gasteiger partial charge in [0.05, 0.1) is 5.88 Å². The summed E-state index contributed by atoms with van der Waals surface area (Å²) in [7, 11) is 4.20. The predicted molar refractivity (Wildman–Crippen MR) is 84.3 cm³/mol. The largest absolute Gasteiger partial charge is 0.355 e. The summed E-state index contributed by atoms with van der Waals surface area (Å²) in [6, 6.07) is 2.11. The molecule has 0 aliphatic rings. The van der Waals surface area contributed by atoms with Gasteiger partial charge >= 0.3 is 0 Å². The maximum Gasteiger partial charge on any atom is 0.133 e. The molecule has 3 nitrogen and oxygen atoms in total. The van der Waals surface area contributed by atoms with E-state index < -0.39 is 0 Å². The van der Waals surface area contributed by atoms with E-state index in [0.717, 1.165) is 37.6 Å². The Kier molecular flexibility index (Phi) is 6.59. The number of pyridine rings is 1. The molecule has 0 spiro atoms. The van der Waals surface area contributed by atoms with Crippen molar-refractivity contribution in [3.05, 3.63) is 22.9 Å². The number of likely N-dealkylation sites (N-methyl/N-ethyl adjacent to an activating group) is 1. The zero-order chi connectivity index (χ0) is 14.4. The van der Waals surface area contributed by atoms with Crippen LogP contribution in [0.1, 0.15) is 30.2 Å². The Bertz CT molecular complexity index is 405. The van der Waals surface area contributed by atoms with E-state index in [2.05, 4.69) is 43.8 Å². The molecular weight excluding hydrogens is 258 g/mol. The van der Waals surface area contributed by atoms with E-state index in [4.69, 9.17) is 16.6 Å². The van der Waals surface area contributed by atoms with Crippen molar-refractivity contribution in [2.24, 2.45) is 0 Å². The Balaban J connectivity index is 3.06. The molecule has 0 unspecified atom stereocenters. The van der Waals surface area contributed by atoms with Crippen LogP contribution in [-0.4, -0.2) is 43.6 Å². The normalized spacial score (nSPS) is 11.1.